The van der Waals surface area contributed by atoms with Crippen LogP contribution in [-0.4, -0.2) is 30.8 Å². The lowest BCUT2D eigenvalue weighted by Crippen LogP contribution is -2.36. The van der Waals surface area contributed by atoms with Gasteiger partial charge in [0.25, 0.3) is 10.0 Å². The van der Waals surface area contributed by atoms with Crippen LogP contribution in [0.4, 0.5) is 0 Å². The molecule has 2 rings (SSSR count). The van der Waals surface area contributed by atoms with E-state index in [4.69, 9.17) is 11.6 Å². The molecule has 1 atom stereocenters. The summed E-state index contributed by atoms with van der Waals surface area (Å²) >= 11 is 6.78. The van der Waals surface area contributed by atoms with Gasteiger partial charge < -0.3 is 0 Å². The first-order valence-corrected chi connectivity index (χ1v) is 8.08. The number of aryl methyl sites for hydroxylation is 1. The highest BCUT2D eigenvalue weighted by Gasteiger charge is 2.37. The molecule has 1 fully saturated rings. The number of halogens is 1. The predicted octanol–water partition coefficient (Wildman–Crippen LogP) is 2.52. The van der Waals surface area contributed by atoms with E-state index in [-0.39, 0.29) is 14.7 Å². The molecule has 17 heavy (non-hydrogen) atoms. The third kappa shape index (κ3) is 2.50. The number of hydrogen-bond donors (Lipinski definition) is 0. The molecule has 0 spiro atoms. The molecule has 1 saturated carbocycles. The molecule has 1 aromatic rings. The van der Waals surface area contributed by atoms with Gasteiger partial charge in [-0.05, 0) is 32.6 Å². The maximum absolute atomic E-state index is 12.4. The number of thiazole rings is 1. The molecule has 1 heterocycles. The Kier molecular flexibility index (Phi) is 3.51. The highest BCUT2D eigenvalue weighted by Crippen LogP contribution is 2.37. The van der Waals surface area contributed by atoms with Gasteiger partial charge >= 0.3 is 0 Å². The molecule has 96 valence electrons. The molecule has 1 unspecified atom stereocenters. The van der Waals surface area contributed by atoms with E-state index in [0.29, 0.717) is 11.6 Å². The fourth-order valence-corrected chi connectivity index (χ4v) is 5.14. The molecule has 1 aromatic heterocycles. The average Bonchev–Trinajstić information content (AvgIpc) is 3.02. The lowest BCUT2D eigenvalue weighted by molar-refractivity contribution is 0.357. The minimum Gasteiger partial charge on any atom is -0.229 e. The lowest BCUT2D eigenvalue weighted by Gasteiger charge is -2.23. The van der Waals surface area contributed by atoms with Crippen molar-refractivity contribution < 1.29 is 8.42 Å². The van der Waals surface area contributed by atoms with Gasteiger partial charge in [-0.15, -0.1) is 0 Å². The summed E-state index contributed by atoms with van der Waals surface area (Å²) in [7, 11) is -1.82. The summed E-state index contributed by atoms with van der Waals surface area (Å²) in [6, 6.07) is 0.0419. The van der Waals surface area contributed by atoms with Crippen LogP contribution in [0.5, 0.6) is 0 Å². The molecule has 0 aromatic carbocycles. The van der Waals surface area contributed by atoms with Crippen LogP contribution in [0.2, 0.25) is 4.47 Å². The van der Waals surface area contributed by atoms with Crippen molar-refractivity contribution in [2.45, 2.75) is 36.9 Å². The first kappa shape index (κ1) is 13.3. The zero-order valence-corrected chi connectivity index (χ0v) is 12.4. The SMILES string of the molecule is Cc1nc(Cl)sc1S(=O)(=O)N(C)C(C)C1CC1. The fourth-order valence-electron chi connectivity index (χ4n) is 1.82. The van der Waals surface area contributed by atoms with E-state index in [1.807, 2.05) is 6.92 Å². The number of sulfonamides is 1. The van der Waals surface area contributed by atoms with E-state index in [0.717, 1.165) is 24.2 Å². The molecule has 0 aliphatic heterocycles. The molecule has 0 radical (unpaired) electrons. The zero-order chi connectivity index (χ0) is 12.8. The van der Waals surface area contributed by atoms with E-state index >= 15 is 0 Å². The Morgan fingerprint density at radius 3 is 2.53 bits per heavy atom. The summed E-state index contributed by atoms with van der Waals surface area (Å²) in [4.78, 5) is 3.96. The Morgan fingerprint density at radius 1 is 1.53 bits per heavy atom. The summed E-state index contributed by atoms with van der Waals surface area (Å²) in [6.45, 7) is 3.62. The van der Waals surface area contributed by atoms with Crippen LogP contribution >= 0.6 is 22.9 Å². The quantitative estimate of drug-likeness (QED) is 0.857. The summed E-state index contributed by atoms with van der Waals surface area (Å²) < 4.78 is 26.7. The van der Waals surface area contributed by atoms with Gasteiger partial charge in [0, 0.05) is 13.1 Å². The molecular formula is C10H15ClN2O2S2. The van der Waals surface area contributed by atoms with E-state index in [1.54, 1.807) is 14.0 Å². The summed E-state index contributed by atoms with van der Waals surface area (Å²) in [5.74, 6) is 0.499. The molecule has 0 N–H and O–H groups in total. The van der Waals surface area contributed by atoms with Crippen LogP contribution in [0.15, 0.2) is 4.21 Å². The second-order valence-corrected chi connectivity index (χ2v) is 8.21. The summed E-state index contributed by atoms with van der Waals surface area (Å²) in [6.07, 6.45) is 2.23. The minimum absolute atomic E-state index is 0.0419. The Hall–Kier alpha value is -0.170. The fraction of sp³-hybridized carbons (Fsp3) is 0.700. The van der Waals surface area contributed by atoms with Gasteiger partial charge in [-0.1, -0.05) is 22.9 Å². The third-order valence-corrected chi connectivity index (χ3v) is 7.01. The van der Waals surface area contributed by atoms with Crippen molar-refractivity contribution in [2.24, 2.45) is 5.92 Å². The van der Waals surface area contributed by atoms with Gasteiger partial charge in [0.1, 0.15) is 0 Å². The van der Waals surface area contributed by atoms with E-state index < -0.39 is 10.0 Å². The van der Waals surface area contributed by atoms with Crippen LogP contribution in [0, 0.1) is 12.8 Å². The number of nitrogens with zero attached hydrogens (tertiary/aromatic N) is 2. The number of aromatic nitrogens is 1. The Balaban J connectivity index is 2.32. The zero-order valence-electron chi connectivity index (χ0n) is 9.97. The topological polar surface area (TPSA) is 50.3 Å². The molecule has 1 aliphatic carbocycles. The van der Waals surface area contributed by atoms with Crippen molar-refractivity contribution in [1.82, 2.24) is 9.29 Å². The molecule has 0 bridgehead atoms. The van der Waals surface area contributed by atoms with Gasteiger partial charge in [-0.2, -0.15) is 4.31 Å². The monoisotopic (exact) mass is 294 g/mol. The van der Waals surface area contributed by atoms with E-state index in [1.165, 1.54) is 4.31 Å². The highest BCUT2D eigenvalue weighted by molar-refractivity contribution is 7.91. The number of rotatable bonds is 4. The smallest absolute Gasteiger partial charge is 0.229 e. The second kappa shape index (κ2) is 4.50. The summed E-state index contributed by atoms with van der Waals surface area (Å²) in [5, 5.41) is 0. The van der Waals surface area contributed by atoms with Gasteiger partial charge in [-0.3, -0.25) is 0 Å². The van der Waals surface area contributed by atoms with Crippen molar-refractivity contribution in [2.75, 3.05) is 7.05 Å². The molecule has 7 heteroatoms. The van der Waals surface area contributed by atoms with Crippen LogP contribution in [0.1, 0.15) is 25.5 Å². The highest BCUT2D eigenvalue weighted by atomic mass is 35.5. The second-order valence-electron chi connectivity index (χ2n) is 4.44. The normalized spacial score (nSPS) is 18.6. The third-order valence-electron chi connectivity index (χ3n) is 3.22. The lowest BCUT2D eigenvalue weighted by atomic mass is 10.2. The van der Waals surface area contributed by atoms with Crippen LogP contribution < -0.4 is 0 Å². The van der Waals surface area contributed by atoms with Crippen molar-refractivity contribution in [3.05, 3.63) is 10.2 Å². The summed E-state index contributed by atoms with van der Waals surface area (Å²) in [5.41, 5.74) is 0.481. The van der Waals surface area contributed by atoms with Crippen molar-refractivity contribution in [3.8, 4) is 0 Å². The molecule has 4 nitrogen and oxygen atoms in total. The Labute approximate surface area is 111 Å². The average molecular weight is 295 g/mol. The van der Waals surface area contributed by atoms with Crippen LogP contribution in [-0.2, 0) is 10.0 Å². The first-order valence-electron chi connectivity index (χ1n) is 5.45. The molecular weight excluding hydrogens is 280 g/mol. The largest absolute Gasteiger partial charge is 0.254 e. The van der Waals surface area contributed by atoms with Crippen molar-refractivity contribution in [3.63, 3.8) is 0 Å². The number of hydrogen-bond acceptors (Lipinski definition) is 4. The van der Waals surface area contributed by atoms with Gasteiger partial charge in [0.2, 0.25) is 0 Å². The Morgan fingerprint density at radius 2 is 2.12 bits per heavy atom. The maximum Gasteiger partial charge on any atom is 0.254 e. The molecule has 1 aliphatic rings. The van der Waals surface area contributed by atoms with E-state index in [2.05, 4.69) is 4.98 Å². The first-order chi connectivity index (χ1) is 7.84. The maximum atomic E-state index is 12.4. The van der Waals surface area contributed by atoms with Crippen LogP contribution in [0.25, 0.3) is 0 Å². The van der Waals surface area contributed by atoms with Crippen LogP contribution in [0.3, 0.4) is 0 Å². The van der Waals surface area contributed by atoms with Gasteiger partial charge in [0.15, 0.2) is 8.68 Å². The van der Waals surface area contributed by atoms with E-state index in [9.17, 15) is 8.42 Å². The van der Waals surface area contributed by atoms with Gasteiger partial charge in [0.05, 0.1) is 5.69 Å². The van der Waals surface area contributed by atoms with Gasteiger partial charge in [-0.25, -0.2) is 13.4 Å². The standard InChI is InChI=1S/C10H15ClN2O2S2/c1-6-9(16-10(11)12-6)17(14,15)13(3)7(2)8-4-5-8/h7-8H,4-5H2,1-3H3. The predicted molar refractivity (Wildman–Crippen MR) is 69.0 cm³/mol. The molecule has 0 saturated heterocycles. The minimum atomic E-state index is -3.45. The Bertz CT molecular complexity index is 522. The van der Waals surface area contributed by atoms with Crippen molar-refractivity contribution >= 4 is 33.0 Å². The molecule has 0 amide bonds. The van der Waals surface area contributed by atoms with Crippen molar-refractivity contribution in [1.29, 1.82) is 0 Å².